The Morgan fingerprint density at radius 1 is 1.29 bits per heavy atom. The number of aliphatic hydroxyl groups is 1. The van der Waals surface area contributed by atoms with Crippen LogP contribution in [0.5, 0.6) is 11.5 Å². The van der Waals surface area contributed by atoms with Gasteiger partial charge in [-0.2, -0.15) is 0 Å². The van der Waals surface area contributed by atoms with E-state index >= 15 is 0 Å². The second-order valence-corrected chi connectivity index (χ2v) is 3.85. The molecule has 0 spiro atoms. The highest BCUT2D eigenvalue weighted by atomic mass is 35.5. The molecule has 0 saturated carbocycles. The smallest absolute Gasteiger partial charge is 0.179 e. The fourth-order valence-corrected chi connectivity index (χ4v) is 1.78. The van der Waals surface area contributed by atoms with E-state index in [1.54, 1.807) is 19.1 Å². The zero-order chi connectivity index (χ0) is 12.3. The molecule has 0 saturated heterocycles. The average molecular weight is 282 g/mol. The molecular weight excluding hydrogens is 265 g/mol. The van der Waals surface area contributed by atoms with Gasteiger partial charge in [0.25, 0.3) is 0 Å². The van der Waals surface area contributed by atoms with E-state index < -0.39 is 12.1 Å². The van der Waals surface area contributed by atoms with Crippen LogP contribution in [0.2, 0.25) is 5.02 Å². The largest absolute Gasteiger partial charge is 0.493 e. The zero-order valence-corrected chi connectivity index (χ0v) is 11.5. The van der Waals surface area contributed by atoms with Crippen molar-refractivity contribution < 1.29 is 14.6 Å². The second kappa shape index (κ2) is 6.91. The van der Waals surface area contributed by atoms with Gasteiger partial charge in [-0.05, 0) is 18.6 Å². The van der Waals surface area contributed by atoms with Crippen molar-refractivity contribution in [3.8, 4) is 11.5 Å². The molecule has 1 rings (SSSR count). The van der Waals surface area contributed by atoms with E-state index in [0.717, 1.165) is 0 Å². The number of ether oxygens (including phenoxy) is 2. The third-order valence-electron chi connectivity index (χ3n) is 2.39. The number of rotatable bonds is 4. The van der Waals surface area contributed by atoms with Crippen molar-refractivity contribution in [2.75, 3.05) is 14.2 Å². The molecule has 4 nitrogen and oxygen atoms in total. The van der Waals surface area contributed by atoms with Gasteiger partial charge in [-0.1, -0.05) is 17.7 Å². The van der Waals surface area contributed by atoms with E-state index in [9.17, 15) is 5.11 Å². The van der Waals surface area contributed by atoms with Crippen LogP contribution in [0.25, 0.3) is 0 Å². The highest BCUT2D eigenvalue weighted by Gasteiger charge is 2.20. The number of aliphatic hydroxyl groups excluding tert-OH is 1. The van der Waals surface area contributed by atoms with Gasteiger partial charge in [0.1, 0.15) is 0 Å². The standard InChI is InChI=1S/C11H16ClNO3.ClH/c1-6(14)10(13)7-4-5-8(15-2)11(16-3)9(7)12;/h4-6,10,14H,13H2,1-3H3;1H/t6-,10-;/m0./s1. The first-order valence-corrected chi connectivity index (χ1v) is 5.24. The van der Waals surface area contributed by atoms with Gasteiger partial charge in [-0.25, -0.2) is 0 Å². The first-order chi connectivity index (χ1) is 7.52. The number of methoxy groups -OCH3 is 2. The van der Waals surface area contributed by atoms with Crippen LogP contribution in [-0.2, 0) is 0 Å². The Labute approximate surface area is 112 Å². The summed E-state index contributed by atoms with van der Waals surface area (Å²) >= 11 is 6.14. The molecule has 98 valence electrons. The Morgan fingerprint density at radius 3 is 2.29 bits per heavy atom. The van der Waals surface area contributed by atoms with E-state index in [1.807, 2.05) is 0 Å². The average Bonchev–Trinajstić information content (AvgIpc) is 2.27. The minimum absolute atomic E-state index is 0. The minimum atomic E-state index is -0.685. The third-order valence-corrected chi connectivity index (χ3v) is 2.78. The highest BCUT2D eigenvalue weighted by Crippen LogP contribution is 2.39. The van der Waals surface area contributed by atoms with Gasteiger partial charge in [-0.15, -0.1) is 12.4 Å². The SMILES string of the molecule is COc1ccc([C@@H](N)[C@H](C)O)c(Cl)c1OC.Cl. The predicted molar refractivity (Wildman–Crippen MR) is 70.4 cm³/mol. The van der Waals surface area contributed by atoms with Gasteiger partial charge < -0.3 is 20.3 Å². The van der Waals surface area contributed by atoms with Crippen LogP contribution in [0, 0.1) is 0 Å². The Kier molecular flexibility index (Phi) is 6.64. The van der Waals surface area contributed by atoms with Gasteiger partial charge in [0.2, 0.25) is 0 Å². The summed E-state index contributed by atoms with van der Waals surface area (Å²) < 4.78 is 10.2. The lowest BCUT2D eigenvalue weighted by Crippen LogP contribution is -2.23. The van der Waals surface area contributed by atoms with Crippen LogP contribution in [0.4, 0.5) is 0 Å². The topological polar surface area (TPSA) is 64.7 Å². The Balaban J connectivity index is 0.00000256. The van der Waals surface area contributed by atoms with Crippen LogP contribution >= 0.6 is 24.0 Å². The minimum Gasteiger partial charge on any atom is -0.493 e. The molecule has 0 heterocycles. The number of halogens is 2. The first-order valence-electron chi connectivity index (χ1n) is 4.87. The van der Waals surface area contributed by atoms with Crippen molar-refractivity contribution in [1.82, 2.24) is 0 Å². The molecule has 0 radical (unpaired) electrons. The van der Waals surface area contributed by atoms with E-state index in [-0.39, 0.29) is 12.4 Å². The summed E-state index contributed by atoms with van der Waals surface area (Å²) in [5.41, 5.74) is 6.46. The van der Waals surface area contributed by atoms with Crippen molar-refractivity contribution in [2.45, 2.75) is 19.1 Å². The van der Waals surface area contributed by atoms with Gasteiger partial charge in [0.15, 0.2) is 11.5 Å². The summed E-state index contributed by atoms with van der Waals surface area (Å²) in [6.07, 6.45) is -0.685. The summed E-state index contributed by atoms with van der Waals surface area (Å²) in [5.74, 6) is 0.965. The Morgan fingerprint density at radius 2 is 1.88 bits per heavy atom. The maximum atomic E-state index is 9.43. The molecule has 0 aliphatic rings. The number of benzene rings is 1. The van der Waals surface area contributed by atoms with Crippen LogP contribution in [-0.4, -0.2) is 25.4 Å². The molecule has 0 fully saturated rings. The van der Waals surface area contributed by atoms with Gasteiger partial charge in [-0.3, -0.25) is 0 Å². The first kappa shape index (κ1) is 16.3. The normalized spacial score (nSPS) is 13.5. The van der Waals surface area contributed by atoms with E-state index in [0.29, 0.717) is 22.1 Å². The molecule has 0 aromatic heterocycles. The summed E-state index contributed by atoms with van der Waals surface area (Å²) in [4.78, 5) is 0. The summed E-state index contributed by atoms with van der Waals surface area (Å²) in [7, 11) is 3.03. The van der Waals surface area contributed by atoms with Gasteiger partial charge >= 0.3 is 0 Å². The van der Waals surface area contributed by atoms with Crippen molar-refractivity contribution in [1.29, 1.82) is 0 Å². The Hall–Kier alpha value is -0.680. The lowest BCUT2D eigenvalue weighted by molar-refractivity contribution is 0.164. The molecule has 3 N–H and O–H groups in total. The van der Waals surface area contributed by atoms with E-state index in [2.05, 4.69) is 0 Å². The summed E-state index contributed by atoms with van der Waals surface area (Å²) in [5, 5.41) is 9.80. The van der Waals surface area contributed by atoms with Gasteiger partial charge in [0, 0.05) is 0 Å². The maximum Gasteiger partial charge on any atom is 0.179 e. The monoisotopic (exact) mass is 281 g/mol. The molecule has 0 bridgehead atoms. The fraction of sp³-hybridized carbons (Fsp3) is 0.455. The van der Waals surface area contributed by atoms with Crippen molar-refractivity contribution in [3.05, 3.63) is 22.7 Å². The van der Waals surface area contributed by atoms with Crippen molar-refractivity contribution in [3.63, 3.8) is 0 Å². The molecule has 1 aromatic rings. The molecule has 0 aliphatic carbocycles. The highest BCUT2D eigenvalue weighted by molar-refractivity contribution is 6.33. The van der Waals surface area contributed by atoms with Crippen molar-refractivity contribution in [2.24, 2.45) is 5.73 Å². The quantitative estimate of drug-likeness (QED) is 0.888. The number of hydrogen-bond donors (Lipinski definition) is 2. The maximum absolute atomic E-state index is 9.43. The number of hydrogen-bond acceptors (Lipinski definition) is 4. The fourth-order valence-electron chi connectivity index (χ4n) is 1.42. The van der Waals surface area contributed by atoms with Crippen LogP contribution in [0.3, 0.4) is 0 Å². The molecule has 0 unspecified atom stereocenters. The molecular formula is C11H17Cl2NO3. The molecule has 0 aliphatic heterocycles. The third kappa shape index (κ3) is 3.39. The molecule has 2 atom stereocenters. The zero-order valence-electron chi connectivity index (χ0n) is 9.94. The van der Waals surface area contributed by atoms with Crippen LogP contribution in [0.15, 0.2) is 12.1 Å². The second-order valence-electron chi connectivity index (χ2n) is 3.47. The molecule has 1 aromatic carbocycles. The van der Waals surface area contributed by atoms with Crippen molar-refractivity contribution >= 4 is 24.0 Å². The predicted octanol–water partition coefficient (Wildman–Crippen LogP) is 2.16. The number of nitrogens with two attached hydrogens (primary N) is 1. The molecule has 0 amide bonds. The summed E-state index contributed by atoms with van der Waals surface area (Å²) in [6, 6.07) is 2.89. The lowest BCUT2D eigenvalue weighted by Gasteiger charge is -2.19. The molecule has 17 heavy (non-hydrogen) atoms. The van der Waals surface area contributed by atoms with E-state index in [1.165, 1.54) is 14.2 Å². The molecule has 6 heteroatoms. The van der Waals surface area contributed by atoms with Gasteiger partial charge in [0.05, 0.1) is 31.4 Å². The lowest BCUT2D eigenvalue weighted by atomic mass is 10.0. The van der Waals surface area contributed by atoms with Crippen LogP contribution in [0.1, 0.15) is 18.5 Å². The van der Waals surface area contributed by atoms with Crippen LogP contribution < -0.4 is 15.2 Å². The summed E-state index contributed by atoms with van der Waals surface area (Å²) in [6.45, 7) is 1.61. The van der Waals surface area contributed by atoms with E-state index in [4.69, 9.17) is 26.8 Å². The Bertz CT molecular complexity index is 372.